The van der Waals surface area contributed by atoms with Crippen LogP contribution in [0.2, 0.25) is 0 Å². The van der Waals surface area contributed by atoms with Gasteiger partial charge in [-0.1, -0.05) is 12.1 Å². The number of carbonyl (C=O) groups is 2. The average molecular weight is 418 g/mol. The SMILES string of the molecule is O=C1Cc2cc(NC(=O)c3cc4cc(F)ccc4n3Cc3cccc(F)c3)cnc2N1. The molecule has 1 aliphatic heterocycles. The molecule has 1 aliphatic rings. The highest BCUT2D eigenvalue weighted by Gasteiger charge is 2.21. The molecule has 0 bridgehead atoms. The van der Waals surface area contributed by atoms with Crippen LogP contribution in [0.15, 0.2) is 60.8 Å². The van der Waals surface area contributed by atoms with Crippen LogP contribution in [0.3, 0.4) is 0 Å². The Bertz CT molecular complexity index is 1360. The second-order valence-corrected chi connectivity index (χ2v) is 7.36. The van der Waals surface area contributed by atoms with Crippen molar-refractivity contribution >= 4 is 34.2 Å². The lowest BCUT2D eigenvalue weighted by molar-refractivity contribution is -0.115. The van der Waals surface area contributed by atoms with Gasteiger partial charge in [0.25, 0.3) is 5.91 Å². The number of benzene rings is 2. The van der Waals surface area contributed by atoms with Crippen LogP contribution in [-0.4, -0.2) is 21.4 Å². The number of aromatic nitrogens is 2. The fraction of sp³-hybridized carbons (Fsp3) is 0.0870. The second-order valence-electron chi connectivity index (χ2n) is 7.36. The highest BCUT2D eigenvalue weighted by molar-refractivity contribution is 6.07. The number of fused-ring (bicyclic) bond motifs is 2. The maximum Gasteiger partial charge on any atom is 0.272 e. The van der Waals surface area contributed by atoms with Gasteiger partial charge in [0.1, 0.15) is 23.1 Å². The average Bonchev–Trinajstić information content (AvgIpc) is 3.27. The van der Waals surface area contributed by atoms with Gasteiger partial charge in [-0.15, -0.1) is 0 Å². The maximum atomic E-state index is 13.8. The predicted molar refractivity (Wildman–Crippen MR) is 112 cm³/mol. The van der Waals surface area contributed by atoms with Crippen LogP contribution >= 0.6 is 0 Å². The molecule has 0 atom stereocenters. The lowest BCUT2D eigenvalue weighted by Crippen LogP contribution is -2.17. The zero-order chi connectivity index (χ0) is 21.5. The number of pyridine rings is 1. The van der Waals surface area contributed by atoms with E-state index in [0.29, 0.717) is 39.2 Å². The molecule has 0 radical (unpaired) electrons. The molecule has 2 aromatic heterocycles. The highest BCUT2D eigenvalue weighted by Crippen LogP contribution is 2.26. The van der Waals surface area contributed by atoms with E-state index in [1.807, 2.05) is 0 Å². The molecule has 154 valence electrons. The van der Waals surface area contributed by atoms with Crippen LogP contribution in [0.25, 0.3) is 10.9 Å². The summed E-state index contributed by atoms with van der Waals surface area (Å²) in [6, 6.07) is 13.6. The molecule has 5 rings (SSSR count). The minimum Gasteiger partial charge on any atom is -0.332 e. The molecule has 0 spiro atoms. The number of carbonyl (C=O) groups excluding carboxylic acids is 2. The monoisotopic (exact) mass is 418 g/mol. The first-order chi connectivity index (χ1) is 15.0. The quantitative estimate of drug-likeness (QED) is 0.524. The molecule has 0 unspecified atom stereocenters. The fourth-order valence-corrected chi connectivity index (χ4v) is 3.79. The van der Waals surface area contributed by atoms with Gasteiger partial charge in [0.2, 0.25) is 5.91 Å². The number of halogens is 2. The van der Waals surface area contributed by atoms with Gasteiger partial charge in [-0.3, -0.25) is 9.59 Å². The van der Waals surface area contributed by atoms with Crippen molar-refractivity contribution in [2.45, 2.75) is 13.0 Å². The van der Waals surface area contributed by atoms with Crippen LogP contribution in [0.1, 0.15) is 21.6 Å². The van der Waals surface area contributed by atoms with E-state index in [9.17, 15) is 18.4 Å². The molecule has 3 heterocycles. The minimum atomic E-state index is -0.424. The molecule has 4 aromatic rings. The number of amides is 2. The Hall–Kier alpha value is -4.07. The van der Waals surface area contributed by atoms with Crippen molar-refractivity contribution in [1.82, 2.24) is 9.55 Å². The van der Waals surface area contributed by atoms with E-state index in [2.05, 4.69) is 15.6 Å². The van der Waals surface area contributed by atoms with Crippen molar-refractivity contribution in [3.8, 4) is 0 Å². The number of nitrogens with zero attached hydrogens (tertiary/aromatic N) is 2. The summed E-state index contributed by atoms with van der Waals surface area (Å²) in [6.07, 6.45) is 1.66. The maximum absolute atomic E-state index is 13.8. The summed E-state index contributed by atoms with van der Waals surface area (Å²) in [5.41, 5.74) is 2.75. The Labute approximate surface area is 175 Å². The Morgan fingerprint density at radius 3 is 2.77 bits per heavy atom. The fourth-order valence-electron chi connectivity index (χ4n) is 3.79. The lowest BCUT2D eigenvalue weighted by atomic mass is 10.2. The zero-order valence-electron chi connectivity index (χ0n) is 16.2. The Morgan fingerprint density at radius 1 is 1.10 bits per heavy atom. The van der Waals surface area contributed by atoms with E-state index in [1.54, 1.807) is 34.9 Å². The number of hydrogen-bond acceptors (Lipinski definition) is 3. The number of rotatable bonds is 4. The third kappa shape index (κ3) is 3.63. The lowest BCUT2D eigenvalue weighted by Gasteiger charge is -2.12. The van der Waals surface area contributed by atoms with Gasteiger partial charge < -0.3 is 15.2 Å². The smallest absolute Gasteiger partial charge is 0.272 e. The van der Waals surface area contributed by atoms with Gasteiger partial charge in [0.15, 0.2) is 0 Å². The van der Waals surface area contributed by atoms with Gasteiger partial charge in [-0.2, -0.15) is 0 Å². The molecule has 8 heteroatoms. The third-order valence-corrected chi connectivity index (χ3v) is 5.16. The van der Waals surface area contributed by atoms with Crippen LogP contribution in [0, 0.1) is 11.6 Å². The van der Waals surface area contributed by atoms with Crippen molar-refractivity contribution in [3.63, 3.8) is 0 Å². The molecule has 2 N–H and O–H groups in total. The molecule has 0 saturated carbocycles. The molecule has 0 fully saturated rings. The number of anilines is 2. The van der Waals surface area contributed by atoms with Crippen molar-refractivity contribution in [2.75, 3.05) is 10.6 Å². The summed E-state index contributed by atoms with van der Waals surface area (Å²) in [7, 11) is 0. The molecule has 2 amide bonds. The van der Waals surface area contributed by atoms with E-state index in [-0.39, 0.29) is 24.7 Å². The van der Waals surface area contributed by atoms with Gasteiger partial charge in [0, 0.05) is 23.0 Å². The van der Waals surface area contributed by atoms with E-state index in [1.165, 1.54) is 30.5 Å². The second kappa shape index (κ2) is 7.32. The summed E-state index contributed by atoms with van der Waals surface area (Å²) < 4.78 is 29.1. The Balaban J connectivity index is 1.52. The standard InChI is InChI=1S/C23H16F2N4O2/c24-16-3-1-2-13(6-16)12-29-19-5-4-17(25)7-14(19)9-20(29)23(31)27-18-8-15-10-21(30)28-22(15)26-11-18/h1-9,11H,10,12H2,(H,27,31)(H,26,28,30). The number of nitrogens with one attached hydrogen (secondary N) is 2. The molecular weight excluding hydrogens is 402 g/mol. The summed E-state index contributed by atoms with van der Waals surface area (Å²) in [6.45, 7) is 0.233. The van der Waals surface area contributed by atoms with Gasteiger partial charge >= 0.3 is 0 Å². The molecule has 0 saturated heterocycles. The van der Waals surface area contributed by atoms with Crippen molar-refractivity contribution in [1.29, 1.82) is 0 Å². The summed E-state index contributed by atoms with van der Waals surface area (Å²) in [5, 5.41) is 5.99. The summed E-state index contributed by atoms with van der Waals surface area (Å²) in [4.78, 5) is 28.8. The van der Waals surface area contributed by atoms with Crippen molar-refractivity contribution in [2.24, 2.45) is 0 Å². The summed E-state index contributed by atoms with van der Waals surface area (Å²) >= 11 is 0. The van der Waals surface area contributed by atoms with E-state index in [4.69, 9.17) is 0 Å². The van der Waals surface area contributed by atoms with E-state index < -0.39 is 11.7 Å². The molecule has 6 nitrogen and oxygen atoms in total. The Kier molecular flexibility index (Phi) is 4.47. The predicted octanol–water partition coefficient (Wildman–Crippen LogP) is 4.11. The minimum absolute atomic E-state index is 0.150. The molecule has 2 aromatic carbocycles. The van der Waals surface area contributed by atoms with Crippen LogP contribution < -0.4 is 10.6 Å². The largest absolute Gasteiger partial charge is 0.332 e. The molecular formula is C23H16F2N4O2. The topological polar surface area (TPSA) is 76.0 Å². The first kappa shape index (κ1) is 18.9. The van der Waals surface area contributed by atoms with E-state index in [0.717, 1.165) is 0 Å². The van der Waals surface area contributed by atoms with Crippen LogP contribution in [-0.2, 0) is 17.8 Å². The normalized spacial score (nSPS) is 12.6. The first-order valence-electron chi connectivity index (χ1n) is 9.59. The van der Waals surface area contributed by atoms with Crippen molar-refractivity contribution < 1.29 is 18.4 Å². The third-order valence-electron chi connectivity index (χ3n) is 5.16. The number of hydrogen-bond donors (Lipinski definition) is 2. The van der Waals surface area contributed by atoms with Gasteiger partial charge in [-0.25, -0.2) is 13.8 Å². The first-order valence-corrected chi connectivity index (χ1v) is 9.59. The Morgan fingerprint density at radius 2 is 1.94 bits per heavy atom. The molecule has 31 heavy (non-hydrogen) atoms. The van der Waals surface area contributed by atoms with Crippen LogP contribution in [0.5, 0.6) is 0 Å². The zero-order valence-corrected chi connectivity index (χ0v) is 16.2. The molecule has 0 aliphatic carbocycles. The van der Waals surface area contributed by atoms with Gasteiger partial charge in [0.05, 0.1) is 18.3 Å². The summed E-state index contributed by atoms with van der Waals surface area (Å²) in [5.74, 6) is -0.880. The van der Waals surface area contributed by atoms with Gasteiger partial charge in [-0.05, 0) is 48.0 Å². The van der Waals surface area contributed by atoms with Crippen LogP contribution in [0.4, 0.5) is 20.3 Å². The van der Waals surface area contributed by atoms with E-state index >= 15 is 0 Å². The highest BCUT2D eigenvalue weighted by atomic mass is 19.1. The van der Waals surface area contributed by atoms with Crippen molar-refractivity contribution in [3.05, 3.63) is 89.2 Å².